The van der Waals surface area contributed by atoms with Gasteiger partial charge in [-0.2, -0.15) is 0 Å². The fourth-order valence-corrected chi connectivity index (χ4v) is 7.60. The van der Waals surface area contributed by atoms with Gasteiger partial charge in [0.25, 0.3) is 5.55 Å². The van der Waals surface area contributed by atoms with Gasteiger partial charge < -0.3 is 0 Å². The van der Waals surface area contributed by atoms with Crippen LogP contribution in [0.2, 0.25) is 0 Å². The molecule has 0 spiro atoms. The number of carbonyl (C=O) groups is 1. The van der Waals surface area contributed by atoms with Gasteiger partial charge >= 0.3 is 0 Å². The number of hydrogen-bond acceptors (Lipinski definition) is 4. The molecule has 0 amide bonds. The maximum atomic E-state index is 11.7. The maximum Gasteiger partial charge on any atom is 0.253 e. The zero-order valence-electron chi connectivity index (χ0n) is 6.99. The average Bonchev–Trinajstić information content (AvgIpc) is 1.88. The first-order chi connectivity index (χ1) is 5.06. The lowest BCUT2D eigenvalue weighted by atomic mass is 10.9. The molecule has 0 aliphatic rings. The third-order valence-corrected chi connectivity index (χ3v) is 9.98. The topological polar surface area (TPSA) is 34.1 Å². The summed E-state index contributed by atoms with van der Waals surface area (Å²) < 4.78 is 11.7. The molecule has 0 aromatic heterocycles. The van der Waals surface area contributed by atoms with Crippen molar-refractivity contribution in [1.29, 1.82) is 0 Å². The smallest absolute Gasteiger partial charge is 0.253 e. The summed E-state index contributed by atoms with van der Waals surface area (Å²) in [5.41, 5.74) is -2.77. The second-order valence-electron chi connectivity index (χ2n) is 1.85. The van der Waals surface area contributed by atoms with Crippen LogP contribution in [0.5, 0.6) is 0 Å². The van der Waals surface area contributed by atoms with E-state index in [4.69, 9.17) is 0 Å². The second-order valence-corrected chi connectivity index (χ2v) is 10.5. The zero-order chi connectivity index (χ0) is 8.91. The van der Waals surface area contributed by atoms with Crippen molar-refractivity contribution in [2.24, 2.45) is 0 Å². The molecule has 11 heavy (non-hydrogen) atoms. The van der Waals surface area contributed by atoms with E-state index in [2.05, 4.69) is 0 Å². The van der Waals surface area contributed by atoms with Gasteiger partial charge in [-0.05, 0) is 11.5 Å². The van der Waals surface area contributed by atoms with Crippen LogP contribution in [0.4, 0.5) is 0 Å². The summed E-state index contributed by atoms with van der Waals surface area (Å²) in [5.74, 6) is 1.48. The zero-order valence-corrected chi connectivity index (χ0v) is 9.52. The lowest BCUT2D eigenvalue weighted by Gasteiger charge is -2.10. The summed E-state index contributed by atoms with van der Waals surface area (Å²) in [4.78, 5) is 10.9. The molecule has 0 heterocycles. The minimum atomic E-state index is -2.60. The molecule has 0 fully saturated rings. The molecule has 0 aromatic rings. The second kappa shape index (κ2) is 5.28. The first kappa shape index (κ1) is 11.6. The van der Waals surface area contributed by atoms with E-state index in [1.807, 2.05) is 13.8 Å². The highest BCUT2D eigenvalue weighted by atomic mass is 33.1. The molecule has 0 bridgehead atoms. The standard InChI is InChI=1S/C6H13O2PS2/c1-4-10-9(8,6(3)7)11-5-2/h4-5H2,1-3H3. The van der Waals surface area contributed by atoms with E-state index in [-0.39, 0.29) is 5.52 Å². The highest BCUT2D eigenvalue weighted by molar-refractivity contribution is 8.94. The van der Waals surface area contributed by atoms with Gasteiger partial charge in [-0.3, -0.25) is 9.36 Å². The summed E-state index contributed by atoms with van der Waals surface area (Å²) in [6.45, 7) is 5.24. The van der Waals surface area contributed by atoms with E-state index in [9.17, 15) is 9.36 Å². The molecule has 0 aliphatic heterocycles. The van der Waals surface area contributed by atoms with E-state index in [0.29, 0.717) is 0 Å². The molecule has 2 nitrogen and oxygen atoms in total. The summed E-state index contributed by atoms with van der Waals surface area (Å²) in [7, 11) is 0. The van der Waals surface area contributed by atoms with Crippen molar-refractivity contribution in [3.63, 3.8) is 0 Å². The van der Waals surface area contributed by atoms with Crippen molar-refractivity contribution in [2.75, 3.05) is 11.5 Å². The molecule has 0 unspecified atom stereocenters. The molecule has 0 aromatic carbocycles. The Morgan fingerprint density at radius 3 is 1.82 bits per heavy atom. The molecular formula is C6H13O2PS2. The van der Waals surface area contributed by atoms with E-state index in [1.54, 1.807) is 0 Å². The van der Waals surface area contributed by atoms with Crippen molar-refractivity contribution < 1.29 is 9.36 Å². The van der Waals surface area contributed by atoms with Crippen LogP contribution in [0.3, 0.4) is 0 Å². The highest BCUT2D eigenvalue weighted by Crippen LogP contribution is 2.69. The summed E-state index contributed by atoms with van der Waals surface area (Å²) in [5, 5.41) is 0. The molecule has 0 rings (SSSR count). The van der Waals surface area contributed by atoms with Crippen LogP contribution >= 0.6 is 28.3 Å². The summed E-state index contributed by atoms with van der Waals surface area (Å²) >= 11 is 2.56. The minimum absolute atomic E-state index is 0.170. The van der Waals surface area contributed by atoms with Crippen molar-refractivity contribution in [3.8, 4) is 0 Å². The normalized spacial score (nSPS) is 11.5. The number of hydrogen-bond donors (Lipinski definition) is 0. The van der Waals surface area contributed by atoms with Crippen molar-refractivity contribution >= 4 is 33.8 Å². The van der Waals surface area contributed by atoms with Crippen LogP contribution in [0, 0.1) is 0 Å². The van der Waals surface area contributed by atoms with Crippen LogP contribution in [-0.4, -0.2) is 17.0 Å². The van der Waals surface area contributed by atoms with Gasteiger partial charge in [-0.15, -0.1) is 0 Å². The fraction of sp³-hybridized carbons (Fsp3) is 0.833. The van der Waals surface area contributed by atoms with Gasteiger partial charge in [0.05, 0.1) is 0 Å². The van der Waals surface area contributed by atoms with E-state index >= 15 is 0 Å². The van der Waals surface area contributed by atoms with Crippen LogP contribution in [0.25, 0.3) is 0 Å². The molecule has 66 valence electrons. The molecular weight excluding hydrogens is 199 g/mol. The lowest BCUT2D eigenvalue weighted by Crippen LogP contribution is -1.87. The Labute approximate surface area is 75.8 Å². The van der Waals surface area contributed by atoms with Crippen molar-refractivity contribution in [3.05, 3.63) is 0 Å². The van der Waals surface area contributed by atoms with Gasteiger partial charge in [-0.1, -0.05) is 36.6 Å². The third kappa shape index (κ3) is 3.68. The van der Waals surface area contributed by atoms with Crippen LogP contribution in [0.1, 0.15) is 20.8 Å². The van der Waals surface area contributed by atoms with E-state index in [0.717, 1.165) is 11.5 Å². The third-order valence-electron chi connectivity index (χ3n) is 0.984. The van der Waals surface area contributed by atoms with E-state index < -0.39 is 5.55 Å². The highest BCUT2D eigenvalue weighted by Gasteiger charge is 2.27. The predicted octanol–water partition coefficient (Wildman–Crippen LogP) is 3.23. The molecule has 0 radical (unpaired) electrons. The van der Waals surface area contributed by atoms with Crippen LogP contribution < -0.4 is 0 Å². The SMILES string of the molecule is CCSP(=O)(SCC)C(C)=O. The number of carbonyl (C=O) groups excluding carboxylic acids is 1. The Morgan fingerprint density at radius 2 is 1.64 bits per heavy atom. The molecule has 0 atom stereocenters. The first-order valence-corrected chi connectivity index (χ1v) is 8.36. The molecule has 0 saturated carbocycles. The predicted molar refractivity (Wildman–Crippen MR) is 54.6 cm³/mol. The average molecular weight is 212 g/mol. The van der Waals surface area contributed by atoms with Gasteiger partial charge in [0.15, 0.2) is 0 Å². The Kier molecular flexibility index (Phi) is 5.57. The molecule has 0 saturated heterocycles. The van der Waals surface area contributed by atoms with E-state index in [1.165, 1.54) is 29.7 Å². The minimum Gasteiger partial charge on any atom is -0.292 e. The molecule has 0 aliphatic carbocycles. The maximum absolute atomic E-state index is 11.7. The first-order valence-electron chi connectivity index (χ1n) is 3.47. The molecule has 0 N–H and O–H groups in total. The van der Waals surface area contributed by atoms with Gasteiger partial charge in [0.1, 0.15) is 0 Å². The largest absolute Gasteiger partial charge is 0.292 e. The Morgan fingerprint density at radius 1 is 1.27 bits per heavy atom. The Hall–Kier alpha value is 0.600. The van der Waals surface area contributed by atoms with Gasteiger partial charge in [0, 0.05) is 6.92 Å². The van der Waals surface area contributed by atoms with Crippen LogP contribution in [0.15, 0.2) is 0 Å². The fourth-order valence-electron chi connectivity index (χ4n) is 0.559. The van der Waals surface area contributed by atoms with Crippen LogP contribution in [-0.2, 0) is 9.36 Å². The Bertz CT molecular complexity index is 171. The summed E-state index contributed by atoms with van der Waals surface area (Å²) in [6.07, 6.45) is 0. The van der Waals surface area contributed by atoms with Crippen molar-refractivity contribution in [2.45, 2.75) is 20.8 Å². The lowest BCUT2D eigenvalue weighted by molar-refractivity contribution is -0.109. The molecule has 5 heteroatoms. The monoisotopic (exact) mass is 212 g/mol. The number of rotatable bonds is 5. The summed E-state index contributed by atoms with van der Waals surface area (Å²) in [6, 6.07) is 0. The van der Waals surface area contributed by atoms with Gasteiger partial charge in [-0.25, -0.2) is 0 Å². The Balaban J connectivity index is 4.27. The van der Waals surface area contributed by atoms with Crippen molar-refractivity contribution in [1.82, 2.24) is 0 Å². The van der Waals surface area contributed by atoms with Gasteiger partial charge in [0.2, 0.25) is 5.52 Å². The quantitative estimate of drug-likeness (QED) is 0.655.